The molecule has 1 aromatic rings. The van der Waals surface area contributed by atoms with Crippen LogP contribution >= 0.6 is 11.3 Å². The predicted molar refractivity (Wildman–Crippen MR) is 93.3 cm³/mol. The molecule has 1 N–H and O–H groups in total. The normalized spacial score (nSPS) is 14.3. The van der Waals surface area contributed by atoms with Crippen molar-refractivity contribution in [1.82, 2.24) is 4.57 Å². The third-order valence-corrected chi connectivity index (χ3v) is 5.01. The number of fused-ring (bicyclic) bond motifs is 1. The molecule has 0 atom stereocenters. The van der Waals surface area contributed by atoms with Gasteiger partial charge in [0.2, 0.25) is 0 Å². The first-order chi connectivity index (χ1) is 10.3. The van der Waals surface area contributed by atoms with Gasteiger partial charge >= 0.3 is 4.87 Å². The van der Waals surface area contributed by atoms with Crippen LogP contribution in [0.15, 0.2) is 10.4 Å². The molecular weight excluding hydrogens is 280 g/mol. The van der Waals surface area contributed by atoms with E-state index < -0.39 is 0 Å². The number of aromatic nitrogens is 1. The fraction of sp³-hybridized carbons (Fsp3) is 0.706. The van der Waals surface area contributed by atoms with Gasteiger partial charge in [-0.15, -0.1) is 0 Å². The maximum Gasteiger partial charge on any atom is 0.309 e. The molecule has 0 unspecified atom stereocenters. The van der Waals surface area contributed by atoms with Crippen molar-refractivity contribution < 1.29 is 0 Å². The van der Waals surface area contributed by atoms with Crippen LogP contribution in [0, 0.1) is 0 Å². The maximum atomic E-state index is 11.9. The van der Waals surface area contributed by atoms with Crippen LogP contribution in [0.5, 0.6) is 0 Å². The van der Waals surface area contributed by atoms with Crippen LogP contribution < -0.4 is 10.2 Å². The van der Waals surface area contributed by atoms with E-state index in [1.807, 2.05) is 4.57 Å². The Labute approximate surface area is 132 Å². The van der Waals surface area contributed by atoms with Gasteiger partial charge in [-0.2, -0.15) is 0 Å². The molecule has 0 saturated heterocycles. The first kappa shape index (κ1) is 16.3. The lowest BCUT2D eigenvalue weighted by Gasteiger charge is -2.07. The van der Waals surface area contributed by atoms with E-state index in [0.717, 1.165) is 23.8 Å². The first-order valence-corrected chi connectivity index (χ1v) is 9.24. The summed E-state index contributed by atoms with van der Waals surface area (Å²) in [4.78, 5) is 13.3. The third-order valence-electron chi connectivity index (χ3n) is 4.09. The summed E-state index contributed by atoms with van der Waals surface area (Å²) in [6.07, 6.45) is 12.3. The zero-order valence-electron chi connectivity index (χ0n) is 13.4. The average molecular weight is 308 g/mol. The van der Waals surface area contributed by atoms with E-state index in [4.69, 9.17) is 0 Å². The van der Waals surface area contributed by atoms with Crippen LogP contribution in [-0.2, 0) is 6.54 Å². The molecule has 0 saturated carbocycles. The summed E-state index contributed by atoms with van der Waals surface area (Å²) in [5, 5.41) is 3.36. The van der Waals surface area contributed by atoms with E-state index in [2.05, 4.69) is 25.2 Å². The fourth-order valence-corrected chi connectivity index (χ4v) is 3.81. The van der Waals surface area contributed by atoms with Gasteiger partial charge in [-0.3, -0.25) is 9.36 Å². The van der Waals surface area contributed by atoms with Gasteiger partial charge in [-0.25, -0.2) is 0 Å². The van der Waals surface area contributed by atoms with Crippen molar-refractivity contribution in [1.29, 1.82) is 0 Å². The van der Waals surface area contributed by atoms with E-state index in [0.29, 0.717) is 0 Å². The molecule has 0 radical (unpaired) electrons. The summed E-state index contributed by atoms with van der Waals surface area (Å²) >= 11 is 1.39. The largest absolute Gasteiger partial charge is 0.368 e. The molecule has 3 nitrogen and oxygen atoms in total. The summed E-state index contributed by atoms with van der Waals surface area (Å²) in [6, 6.07) is 0. The second-order valence-electron chi connectivity index (χ2n) is 5.88. The lowest BCUT2D eigenvalue weighted by Crippen LogP contribution is -2.09. The second-order valence-corrected chi connectivity index (χ2v) is 6.87. The fourth-order valence-electron chi connectivity index (χ4n) is 2.83. The Morgan fingerprint density at radius 3 is 2.71 bits per heavy atom. The van der Waals surface area contributed by atoms with E-state index in [-0.39, 0.29) is 4.87 Å². The Kier molecular flexibility index (Phi) is 6.55. The van der Waals surface area contributed by atoms with Gasteiger partial charge < -0.3 is 5.32 Å². The SMILES string of the molecule is CCCCCC/C(=C/c1sc(=O)n2c1NCC2)CCCC. The third kappa shape index (κ3) is 4.47. The van der Waals surface area contributed by atoms with Crippen molar-refractivity contribution in [2.75, 3.05) is 11.9 Å². The summed E-state index contributed by atoms with van der Waals surface area (Å²) in [7, 11) is 0. The minimum Gasteiger partial charge on any atom is -0.368 e. The number of anilines is 1. The van der Waals surface area contributed by atoms with Crippen molar-refractivity contribution in [2.45, 2.75) is 71.8 Å². The molecule has 0 fully saturated rings. The number of allylic oxidation sites excluding steroid dienone is 1. The number of nitrogens with zero attached hydrogens (tertiary/aromatic N) is 1. The van der Waals surface area contributed by atoms with Crippen LogP contribution in [0.1, 0.15) is 70.1 Å². The highest BCUT2D eigenvalue weighted by Gasteiger charge is 2.17. The summed E-state index contributed by atoms with van der Waals surface area (Å²) in [5.74, 6) is 1.05. The van der Waals surface area contributed by atoms with Crippen molar-refractivity contribution in [3.63, 3.8) is 0 Å². The molecular formula is C17H28N2OS. The molecule has 0 amide bonds. The minimum absolute atomic E-state index is 0.182. The van der Waals surface area contributed by atoms with Gasteiger partial charge in [0, 0.05) is 13.1 Å². The molecule has 2 heterocycles. The minimum atomic E-state index is 0.182. The monoisotopic (exact) mass is 308 g/mol. The molecule has 1 aliphatic rings. The number of hydrogen-bond donors (Lipinski definition) is 1. The Hall–Kier alpha value is -1.03. The van der Waals surface area contributed by atoms with Crippen molar-refractivity contribution in [3.05, 3.63) is 20.1 Å². The molecule has 1 aliphatic heterocycles. The molecule has 118 valence electrons. The number of nitrogens with one attached hydrogen (secondary N) is 1. The first-order valence-electron chi connectivity index (χ1n) is 8.43. The van der Waals surface area contributed by atoms with Crippen LogP contribution in [-0.4, -0.2) is 11.1 Å². The van der Waals surface area contributed by atoms with Crippen molar-refractivity contribution in [2.24, 2.45) is 0 Å². The molecule has 21 heavy (non-hydrogen) atoms. The van der Waals surface area contributed by atoms with Crippen LogP contribution in [0.3, 0.4) is 0 Å². The smallest absolute Gasteiger partial charge is 0.309 e. The lowest BCUT2D eigenvalue weighted by molar-refractivity contribution is 0.647. The standard InChI is InChI=1S/C17H28N2OS/c1-3-5-7-8-10-14(9-6-4-2)13-15-16-18-11-12-19(16)17(20)21-15/h13,18H,3-12H2,1-2H3/b14-13+. The van der Waals surface area contributed by atoms with Crippen LogP contribution in [0.25, 0.3) is 6.08 Å². The predicted octanol–water partition coefficient (Wildman–Crippen LogP) is 4.88. The van der Waals surface area contributed by atoms with E-state index in [9.17, 15) is 4.79 Å². The molecule has 0 spiro atoms. The molecule has 1 aromatic heterocycles. The highest BCUT2D eigenvalue weighted by molar-refractivity contribution is 7.10. The van der Waals surface area contributed by atoms with Gasteiger partial charge in [-0.05, 0) is 31.8 Å². The van der Waals surface area contributed by atoms with Gasteiger partial charge in [0.05, 0.1) is 4.88 Å². The number of rotatable bonds is 9. The zero-order chi connectivity index (χ0) is 15.1. The molecule has 0 aliphatic carbocycles. The number of hydrogen-bond acceptors (Lipinski definition) is 3. The van der Waals surface area contributed by atoms with E-state index in [1.165, 1.54) is 68.3 Å². The van der Waals surface area contributed by atoms with Gasteiger partial charge in [0.15, 0.2) is 0 Å². The number of thiazole rings is 1. The lowest BCUT2D eigenvalue weighted by atomic mass is 10.0. The Bertz CT molecular complexity index is 527. The molecule has 2 rings (SSSR count). The summed E-state index contributed by atoms with van der Waals surface area (Å²) in [5.41, 5.74) is 1.52. The zero-order valence-corrected chi connectivity index (χ0v) is 14.2. The molecule has 0 bridgehead atoms. The summed E-state index contributed by atoms with van der Waals surface area (Å²) < 4.78 is 1.88. The van der Waals surface area contributed by atoms with E-state index >= 15 is 0 Å². The number of unbranched alkanes of at least 4 members (excludes halogenated alkanes) is 4. The average Bonchev–Trinajstić information content (AvgIpc) is 3.06. The van der Waals surface area contributed by atoms with Gasteiger partial charge in [-0.1, -0.05) is 56.4 Å². The van der Waals surface area contributed by atoms with Gasteiger partial charge in [0.1, 0.15) is 5.82 Å². The topological polar surface area (TPSA) is 34.0 Å². The Balaban J connectivity index is 2.07. The summed E-state index contributed by atoms with van der Waals surface area (Å²) in [6.45, 7) is 6.20. The van der Waals surface area contributed by atoms with Crippen molar-refractivity contribution in [3.8, 4) is 0 Å². The Morgan fingerprint density at radius 1 is 1.19 bits per heavy atom. The molecule has 4 heteroatoms. The van der Waals surface area contributed by atoms with Gasteiger partial charge in [0.25, 0.3) is 0 Å². The highest BCUT2D eigenvalue weighted by atomic mass is 32.1. The quantitative estimate of drug-likeness (QED) is 0.660. The van der Waals surface area contributed by atoms with Crippen LogP contribution in [0.2, 0.25) is 0 Å². The van der Waals surface area contributed by atoms with Crippen molar-refractivity contribution >= 4 is 23.2 Å². The second kappa shape index (κ2) is 8.42. The maximum absolute atomic E-state index is 11.9. The van der Waals surface area contributed by atoms with Crippen LogP contribution in [0.4, 0.5) is 5.82 Å². The van der Waals surface area contributed by atoms with E-state index in [1.54, 1.807) is 0 Å². The Morgan fingerprint density at radius 2 is 1.95 bits per heavy atom. The highest BCUT2D eigenvalue weighted by Crippen LogP contribution is 2.28. The molecule has 0 aromatic carbocycles.